The van der Waals surface area contributed by atoms with Gasteiger partial charge in [-0.15, -0.1) is 0 Å². The van der Waals surface area contributed by atoms with Crippen LogP contribution in [0.25, 0.3) is 0 Å². The van der Waals surface area contributed by atoms with Gasteiger partial charge in [0.2, 0.25) is 5.91 Å². The van der Waals surface area contributed by atoms with E-state index in [9.17, 15) is 4.79 Å². The second-order valence-corrected chi connectivity index (χ2v) is 4.02. The van der Waals surface area contributed by atoms with Crippen LogP contribution in [0.1, 0.15) is 26.7 Å². The lowest BCUT2D eigenvalue weighted by Gasteiger charge is -2.23. The molecule has 0 aromatic heterocycles. The number of carbonyl (C=O) groups excluding carboxylic acids is 1. The van der Waals surface area contributed by atoms with E-state index < -0.39 is 0 Å². The van der Waals surface area contributed by atoms with Crippen LogP contribution in [0.4, 0.5) is 0 Å². The second-order valence-electron chi connectivity index (χ2n) is 4.02. The lowest BCUT2D eigenvalue weighted by Crippen LogP contribution is -2.45. The number of rotatable bonds is 4. The summed E-state index contributed by atoms with van der Waals surface area (Å²) < 4.78 is 5.27. The Bertz CT molecular complexity index is 177. The lowest BCUT2D eigenvalue weighted by atomic mass is 10.1. The highest BCUT2D eigenvalue weighted by atomic mass is 16.5. The first-order valence-corrected chi connectivity index (χ1v) is 5.29. The molecule has 4 heteroatoms. The van der Waals surface area contributed by atoms with Gasteiger partial charge in [-0.05, 0) is 12.8 Å². The molecule has 0 radical (unpaired) electrons. The van der Waals surface area contributed by atoms with Crippen molar-refractivity contribution in [2.24, 2.45) is 0 Å². The van der Waals surface area contributed by atoms with Crippen LogP contribution in [0.3, 0.4) is 0 Å². The van der Waals surface area contributed by atoms with Crippen LogP contribution in [-0.2, 0) is 9.53 Å². The van der Waals surface area contributed by atoms with E-state index in [0.29, 0.717) is 19.2 Å². The van der Waals surface area contributed by atoms with Crippen LogP contribution >= 0.6 is 0 Å². The zero-order valence-electron chi connectivity index (χ0n) is 9.01. The quantitative estimate of drug-likeness (QED) is 0.685. The first-order valence-electron chi connectivity index (χ1n) is 5.29. The highest BCUT2D eigenvalue weighted by Gasteiger charge is 2.15. The van der Waals surface area contributed by atoms with Crippen LogP contribution in [-0.4, -0.2) is 37.7 Å². The molecule has 0 saturated carbocycles. The van der Waals surface area contributed by atoms with Crippen molar-refractivity contribution < 1.29 is 9.53 Å². The Balaban J connectivity index is 2.12. The fourth-order valence-corrected chi connectivity index (χ4v) is 1.43. The Morgan fingerprint density at radius 2 is 2.36 bits per heavy atom. The molecule has 1 amide bonds. The van der Waals surface area contributed by atoms with E-state index in [4.69, 9.17) is 4.74 Å². The molecule has 1 aliphatic rings. The van der Waals surface area contributed by atoms with E-state index in [2.05, 4.69) is 10.6 Å². The molecule has 14 heavy (non-hydrogen) atoms. The molecule has 0 aromatic rings. The number of carbonyl (C=O) groups is 1. The third kappa shape index (κ3) is 4.58. The van der Waals surface area contributed by atoms with Crippen LogP contribution in [0, 0.1) is 0 Å². The summed E-state index contributed by atoms with van der Waals surface area (Å²) in [5.41, 5.74) is 0. The fraction of sp³-hybridized carbons (Fsp3) is 0.900. The summed E-state index contributed by atoms with van der Waals surface area (Å²) in [6.45, 7) is 5.94. The molecule has 4 nitrogen and oxygen atoms in total. The fourth-order valence-electron chi connectivity index (χ4n) is 1.43. The zero-order chi connectivity index (χ0) is 10.4. The molecule has 82 valence electrons. The molecular weight excluding hydrogens is 180 g/mol. The maximum Gasteiger partial charge on any atom is 0.234 e. The first kappa shape index (κ1) is 11.5. The van der Waals surface area contributed by atoms with E-state index in [1.54, 1.807) is 0 Å². The number of hydrogen-bond acceptors (Lipinski definition) is 3. The molecule has 1 rings (SSSR count). The number of amides is 1. The summed E-state index contributed by atoms with van der Waals surface area (Å²) >= 11 is 0. The predicted molar refractivity (Wildman–Crippen MR) is 55.1 cm³/mol. The maximum atomic E-state index is 11.4. The van der Waals surface area contributed by atoms with Gasteiger partial charge < -0.3 is 15.4 Å². The van der Waals surface area contributed by atoms with Gasteiger partial charge in [-0.3, -0.25) is 4.79 Å². The van der Waals surface area contributed by atoms with Crippen molar-refractivity contribution in [1.82, 2.24) is 10.6 Å². The van der Waals surface area contributed by atoms with Gasteiger partial charge in [-0.25, -0.2) is 0 Å². The maximum absolute atomic E-state index is 11.4. The molecule has 0 aliphatic carbocycles. The molecule has 0 bridgehead atoms. The summed E-state index contributed by atoms with van der Waals surface area (Å²) in [6, 6.07) is 0.563. The average Bonchev–Trinajstić information content (AvgIpc) is 2.16. The third-order valence-corrected chi connectivity index (χ3v) is 2.20. The standard InChI is InChI=1S/C10H20N2O2/c1-8(2)11-6-10(13)12-9-4-3-5-14-7-9/h8-9,11H,3-7H2,1-2H3,(H,12,13). The number of nitrogens with one attached hydrogen (secondary N) is 2. The SMILES string of the molecule is CC(C)NCC(=O)NC1CCCOC1. The summed E-state index contributed by atoms with van der Waals surface area (Å²) in [4.78, 5) is 11.4. The van der Waals surface area contributed by atoms with Crippen LogP contribution in [0.5, 0.6) is 0 Å². The van der Waals surface area contributed by atoms with Crippen molar-refractivity contribution in [1.29, 1.82) is 0 Å². The molecule has 1 unspecified atom stereocenters. The Morgan fingerprint density at radius 3 is 2.93 bits per heavy atom. The van der Waals surface area contributed by atoms with Crippen LogP contribution in [0.15, 0.2) is 0 Å². The van der Waals surface area contributed by atoms with E-state index in [1.807, 2.05) is 13.8 Å². The van der Waals surface area contributed by atoms with Crippen molar-refractivity contribution in [3.8, 4) is 0 Å². The summed E-state index contributed by atoms with van der Waals surface area (Å²) in [5, 5.41) is 6.03. The number of hydrogen-bond donors (Lipinski definition) is 2. The predicted octanol–water partition coefficient (Wildman–Crippen LogP) is 0.280. The van der Waals surface area contributed by atoms with Crippen LogP contribution in [0.2, 0.25) is 0 Å². The monoisotopic (exact) mass is 200 g/mol. The third-order valence-electron chi connectivity index (χ3n) is 2.20. The lowest BCUT2D eigenvalue weighted by molar-refractivity contribution is -0.122. The summed E-state index contributed by atoms with van der Waals surface area (Å²) in [7, 11) is 0. The van der Waals surface area contributed by atoms with Gasteiger partial charge in [0.25, 0.3) is 0 Å². The van der Waals surface area contributed by atoms with Gasteiger partial charge in [0.05, 0.1) is 19.2 Å². The van der Waals surface area contributed by atoms with Gasteiger partial charge in [-0.1, -0.05) is 13.8 Å². The second kappa shape index (κ2) is 5.98. The minimum Gasteiger partial charge on any atom is -0.379 e. The largest absolute Gasteiger partial charge is 0.379 e. The highest BCUT2D eigenvalue weighted by Crippen LogP contribution is 2.05. The average molecular weight is 200 g/mol. The van der Waals surface area contributed by atoms with E-state index in [0.717, 1.165) is 19.4 Å². The van der Waals surface area contributed by atoms with Crippen molar-refractivity contribution in [2.75, 3.05) is 19.8 Å². The molecular formula is C10H20N2O2. The molecule has 1 saturated heterocycles. The molecule has 0 spiro atoms. The molecule has 1 atom stereocenters. The van der Waals surface area contributed by atoms with Crippen LogP contribution < -0.4 is 10.6 Å². The molecule has 1 aliphatic heterocycles. The molecule has 1 fully saturated rings. The highest BCUT2D eigenvalue weighted by molar-refractivity contribution is 5.78. The molecule has 0 aromatic carbocycles. The van der Waals surface area contributed by atoms with Gasteiger partial charge in [0, 0.05) is 12.6 Å². The van der Waals surface area contributed by atoms with Crippen molar-refractivity contribution in [3.63, 3.8) is 0 Å². The normalized spacial score (nSPS) is 22.4. The smallest absolute Gasteiger partial charge is 0.234 e. The minimum atomic E-state index is 0.0641. The van der Waals surface area contributed by atoms with E-state index >= 15 is 0 Å². The summed E-state index contributed by atoms with van der Waals surface area (Å²) in [5.74, 6) is 0.0641. The number of ether oxygens (including phenoxy) is 1. The van der Waals surface area contributed by atoms with Gasteiger partial charge >= 0.3 is 0 Å². The zero-order valence-corrected chi connectivity index (χ0v) is 9.01. The topological polar surface area (TPSA) is 50.4 Å². The molecule has 1 heterocycles. The Kier molecular flexibility index (Phi) is 4.90. The van der Waals surface area contributed by atoms with E-state index in [1.165, 1.54) is 0 Å². The van der Waals surface area contributed by atoms with Crippen molar-refractivity contribution in [2.45, 2.75) is 38.8 Å². The Hall–Kier alpha value is -0.610. The summed E-state index contributed by atoms with van der Waals surface area (Å²) in [6.07, 6.45) is 2.08. The molecule has 2 N–H and O–H groups in total. The van der Waals surface area contributed by atoms with Crippen molar-refractivity contribution >= 4 is 5.91 Å². The van der Waals surface area contributed by atoms with Gasteiger partial charge in [0.1, 0.15) is 0 Å². The van der Waals surface area contributed by atoms with Gasteiger partial charge in [0.15, 0.2) is 0 Å². The van der Waals surface area contributed by atoms with E-state index in [-0.39, 0.29) is 11.9 Å². The minimum absolute atomic E-state index is 0.0641. The first-order chi connectivity index (χ1) is 6.68. The van der Waals surface area contributed by atoms with Crippen molar-refractivity contribution in [3.05, 3.63) is 0 Å². The Morgan fingerprint density at radius 1 is 1.57 bits per heavy atom. The van der Waals surface area contributed by atoms with Gasteiger partial charge in [-0.2, -0.15) is 0 Å². The Labute approximate surface area is 85.4 Å².